The van der Waals surface area contributed by atoms with E-state index in [1.807, 2.05) is 44.4 Å². The summed E-state index contributed by atoms with van der Waals surface area (Å²) in [5.74, 6) is 0.734. The Balaban J connectivity index is 1.86. The smallest absolute Gasteiger partial charge is 0.252 e. The number of hydrogen-bond acceptors (Lipinski definition) is 5. The van der Waals surface area contributed by atoms with Crippen molar-refractivity contribution in [3.63, 3.8) is 0 Å². The third-order valence-corrected chi connectivity index (χ3v) is 3.72. The lowest BCUT2D eigenvalue weighted by Gasteiger charge is -2.11. The van der Waals surface area contributed by atoms with Crippen LogP contribution in [-0.4, -0.2) is 50.1 Å². The van der Waals surface area contributed by atoms with Gasteiger partial charge in [-0.1, -0.05) is 12.1 Å². The molecule has 0 aliphatic rings. The van der Waals surface area contributed by atoms with Crippen LogP contribution in [-0.2, 0) is 6.54 Å². The van der Waals surface area contributed by atoms with Gasteiger partial charge in [0.15, 0.2) is 0 Å². The van der Waals surface area contributed by atoms with E-state index in [1.165, 1.54) is 0 Å². The minimum atomic E-state index is -0.0978. The van der Waals surface area contributed by atoms with Crippen LogP contribution in [0.3, 0.4) is 0 Å². The number of nitrogens with zero attached hydrogens (tertiary/aromatic N) is 2. The molecule has 0 fully saturated rings. The maximum absolute atomic E-state index is 12.2. The fourth-order valence-electron chi connectivity index (χ4n) is 2.31. The lowest BCUT2D eigenvalue weighted by Crippen LogP contribution is -2.27. The van der Waals surface area contributed by atoms with Crippen molar-refractivity contribution in [3.05, 3.63) is 53.9 Å². The quantitative estimate of drug-likeness (QED) is 0.685. The number of pyridine rings is 1. The number of carbonyl (C=O) groups excluding carboxylic acids is 1. The summed E-state index contributed by atoms with van der Waals surface area (Å²) in [5, 5.41) is 6.21. The number of ether oxygens (including phenoxy) is 1. The van der Waals surface area contributed by atoms with Gasteiger partial charge in [0.1, 0.15) is 5.75 Å². The first-order valence-corrected chi connectivity index (χ1v) is 8.33. The molecule has 1 heterocycles. The summed E-state index contributed by atoms with van der Waals surface area (Å²) in [7, 11) is 5.68. The SMILES string of the molecule is COc1ccc(CNc2cncc(C(=O)NCCCN(C)C)c2)cc1. The molecule has 0 saturated carbocycles. The Morgan fingerprint density at radius 3 is 2.64 bits per heavy atom. The Bertz CT molecular complexity index is 671. The molecule has 0 spiro atoms. The van der Waals surface area contributed by atoms with Gasteiger partial charge in [0.05, 0.1) is 18.4 Å². The van der Waals surface area contributed by atoms with E-state index in [0.717, 1.165) is 30.0 Å². The zero-order chi connectivity index (χ0) is 18.1. The molecule has 6 heteroatoms. The third-order valence-electron chi connectivity index (χ3n) is 3.72. The van der Waals surface area contributed by atoms with Crippen molar-refractivity contribution in [2.75, 3.05) is 39.6 Å². The number of carbonyl (C=O) groups is 1. The first-order valence-electron chi connectivity index (χ1n) is 8.33. The van der Waals surface area contributed by atoms with Crippen LogP contribution in [0.5, 0.6) is 5.75 Å². The van der Waals surface area contributed by atoms with Crippen molar-refractivity contribution < 1.29 is 9.53 Å². The topological polar surface area (TPSA) is 66.5 Å². The number of methoxy groups -OCH3 is 1. The predicted molar refractivity (Wildman–Crippen MR) is 100 cm³/mol. The number of benzene rings is 1. The van der Waals surface area contributed by atoms with Gasteiger partial charge in [-0.15, -0.1) is 0 Å². The van der Waals surface area contributed by atoms with E-state index in [9.17, 15) is 4.79 Å². The van der Waals surface area contributed by atoms with Gasteiger partial charge in [-0.2, -0.15) is 0 Å². The van der Waals surface area contributed by atoms with Crippen molar-refractivity contribution in [1.82, 2.24) is 15.2 Å². The van der Waals surface area contributed by atoms with Gasteiger partial charge in [-0.05, 0) is 50.8 Å². The monoisotopic (exact) mass is 342 g/mol. The molecule has 0 aliphatic heterocycles. The first-order chi connectivity index (χ1) is 12.1. The molecule has 1 aromatic heterocycles. The molecule has 0 bridgehead atoms. The number of rotatable bonds is 9. The van der Waals surface area contributed by atoms with E-state index in [1.54, 1.807) is 19.5 Å². The summed E-state index contributed by atoms with van der Waals surface area (Å²) in [6.07, 6.45) is 4.22. The van der Waals surface area contributed by atoms with E-state index in [-0.39, 0.29) is 5.91 Å². The molecule has 1 aromatic carbocycles. The van der Waals surface area contributed by atoms with E-state index >= 15 is 0 Å². The fraction of sp³-hybridized carbons (Fsp3) is 0.368. The maximum atomic E-state index is 12.2. The van der Waals surface area contributed by atoms with Crippen molar-refractivity contribution in [2.24, 2.45) is 0 Å². The summed E-state index contributed by atoms with van der Waals surface area (Å²) in [6, 6.07) is 9.67. The van der Waals surface area contributed by atoms with E-state index in [2.05, 4.69) is 20.5 Å². The molecule has 2 aromatic rings. The number of aromatic nitrogens is 1. The zero-order valence-electron chi connectivity index (χ0n) is 15.1. The second kappa shape index (κ2) is 9.64. The highest BCUT2D eigenvalue weighted by molar-refractivity contribution is 5.94. The Labute approximate surface area is 149 Å². The molecule has 0 saturated heterocycles. The summed E-state index contributed by atoms with van der Waals surface area (Å²) < 4.78 is 5.15. The van der Waals surface area contributed by atoms with Crippen LogP contribution in [0.25, 0.3) is 0 Å². The Kier molecular flexibility index (Phi) is 7.22. The summed E-state index contributed by atoms with van der Waals surface area (Å²) >= 11 is 0. The molecule has 0 radical (unpaired) electrons. The summed E-state index contributed by atoms with van der Waals surface area (Å²) in [5.41, 5.74) is 2.50. The molecule has 2 N–H and O–H groups in total. The fourth-order valence-corrected chi connectivity index (χ4v) is 2.31. The van der Waals surface area contributed by atoms with Crippen LogP contribution in [0.4, 0.5) is 5.69 Å². The van der Waals surface area contributed by atoms with Crippen LogP contribution in [0.1, 0.15) is 22.3 Å². The molecule has 0 aliphatic carbocycles. The first kappa shape index (κ1) is 18.7. The molecule has 0 unspecified atom stereocenters. The number of amides is 1. The second-order valence-electron chi connectivity index (χ2n) is 6.08. The highest BCUT2D eigenvalue weighted by Gasteiger charge is 2.06. The average Bonchev–Trinajstić information content (AvgIpc) is 2.64. The number of anilines is 1. The molecule has 25 heavy (non-hydrogen) atoms. The highest BCUT2D eigenvalue weighted by atomic mass is 16.5. The summed E-state index contributed by atoms with van der Waals surface area (Å²) in [4.78, 5) is 18.4. The van der Waals surface area contributed by atoms with Gasteiger partial charge < -0.3 is 20.3 Å². The van der Waals surface area contributed by atoms with Gasteiger partial charge in [0.25, 0.3) is 5.91 Å². The average molecular weight is 342 g/mol. The van der Waals surface area contributed by atoms with Crippen LogP contribution in [0.2, 0.25) is 0 Å². The molecular weight excluding hydrogens is 316 g/mol. The lowest BCUT2D eigenvalue weighted by atomic mass is 10.2. The molecular formula is C19H26N4O2. The lowest BCUT2D eigenvalue weighted by molar-refractivity contribution is 0.0952. The van der Waals surface area contributed by atoms with E-state index in [4.69, 9.17) is 4.74 Å². The predicted octanol–water partition coefficient (Wildman–Crippen LogP) is 2.38. The molecule has 2 rings (SSSR count). The van der Waals surface area contributed by atoms with Gasteiger partial charge in [0, 0.05) is 25.5 Å². The van der Waals surface area contributed by atoms with Crippen molar-refractivity contribution >= 4 is 11.6 Å². The second-order valence-corrected chi connectivity index (χ2v) is 6.08. The van der Waals surface area contributed by atoms with Gasteiger partial charge in [-0.25, -0.2) is 0 Å². The molecule has 0 atom stereocenters. The Morgan fingerprint density at radius 2 is 1.96 bits per heavy atom. The zero-order valence-corrected chi connectivity index (χ0v) is 15.1. The standard InChI is InChI=1S/C19H26N4O2/c1-23(2)10-4-9-21-19(24)16-11-17(14-20-13-16)22-12-15-5-7-18(25-3)8-6-15/h5-8,11,13-14,22H,4,9-10,12H2,1-3H3,(H,21,24). The Hall–Kier alpha value is -2.60. The van der Waals surface area contributed by atoms with Gasteiger partial charge in [-0.3, -0.25) is 9.78 Å². The van der Waals surface area contributed by atoms with Crippen LogP contribution in [0, 0.1) is 0 Å². The van der Waals surface area contributed by atoms with Gasteiger partial charge >= 0.3 is 0 Å². The number of hydrogen-bond donors (Lipinski definition) is 2. The minimum Gasteiger partial charge on any atom is -0.497 e. The van der Waals surface area contributed by atoms with E-state index in [0.29, 0.717) is 18.7 Å². The largest absolute Gasteiger partial charge is 0.497 e. The van der Waals surface area contributed by atoms with Crippen molar-refractivity contribution in [2.45, 2.75) is 13.0 Å². The Morgan fingerprint density at radius 1 is 1.20 bits per heavy atom. The van der Waals surface area contributed by atoms with Crippen LogP contribution in [0.15, 0.2) is 42.7 Å². The van der Waals surface area contributed by atoms with Crippen LogP contribution < -0.4 is 15.4 Å². The molecule has 134 valence electrons. The van der Waals surface area contributed by atoms with Crippen molar-refractivity contribution in [3.8, 4) is 5.75 Å². The summed E-state index contributed by atoms with van der Waals surface area (Å²) in [6.45, 7) is 2.25. The van der Waals surface area contributed by atoms with Crippen molar-refractivity contribution in [1.29, 1.82) is 0 Å². The van der Waals surface area contributed by atoms with Gasteiger partial charge in [0.2, 0.25) is 0 Å². The van der Waals surface area contributed by atoms with Crippen LogP contribution >= 0.6 is 0 Å². The minimum absolute atomic E-state index is 0.0978. The maximum Gasteiger partial charge on any atom is 0.252 e. The highest BCUT2D eigenvalue weighted by Crippen LogP contribution is 2.14. The molecule has 6 nitrogen and oxygen atoms in total. The number of nitrogens with one attached hydrogen (secondary N) is 2. The van der Waals surface area contributed by atoms with E-state index < -0.39 is 0 Å². The molecule has 1 amide bonds. The third kappa shape index (κ3) is 6.43. The normalized spacial score (nSPS) is 10.6.